The van der Waals surface area contributed by atoms with E-state index in [1.165, 1.54) is 7.11 Å². The Hall–Kier alpha value is -2.60. The molecule has 2 rings (SSSR count). The van der Waals surface area contributed by atoms with Gasteiger partial charge in [0.25, 0.3) is 0 Å². The van der Waals surface area contributed by atoms with Gasteiger partial charge in [0, 0.05) is 7.11 Å². The van der Waals surface area contributed by atoms with Crippen molar-refractivity contribution in [3.8, 4) is 0 Å². The molecule has 0 spiro atoms. The molecule has 23 heavy (non-hydrogen) atoms. The molecule has 2 aromatic rings. The van der Waals surface area contributed by atoms with Crippen molar-refractivity contribution < 1.29 is 9.57 Å². The molecule has 0 atom stereocenters. The predicted octanol–water partition coefficient (Wildman–Crippen LogP) is -0.166. The molecule has 0 amide bonds. The van der Waals surface area contributed by atoms with E-state index in [0.29, 0.717) is 5.35 Å². The fourth-order valence-electron chi connectivity index (χ4n) is 2.05. The molecule has 0 bridgehead atoms. The second-order valence-corrected chi connectivity index (χ2v) is 5.36. The Balaban J connectivity index is 2.75. The molecular formula is C17H20N2O4. The molecular weight excluding hydrogens is 296 g/mol. The minimum Gasteiger partial charge on any atom is -0.378 e. The topological polar surface area (TPSA) is 73.3 Å². The van der Waals surface area contributed by atoms with Crippen LogP contribution in [0.2, 0.25) is 0 Å². The molecule has 0 aliphatic heterocycles. The highest BCUT2D eigenvalue weighted by atomic mass is 16.8. The Morgan fingerprint density at radius 2 is 1.78 bits per heavy atom. The third-order valence-corrected chi connectivity index (χ3v) is 3.01. The van der Waals surface area contributed by atoms with Gasteiger partial charge in [0.1, 0.15) is 10.7 Å². The summed E-state index contributed by atoms with van der Waals surface area (Å²) in [6.45, 7) is 3.70. The maximum atomic E-state index is 12.4. The molecule has 6 nitrogen and oxygen atoms in total. The Kier molecular flexibility index (Phi) is 5.54. The molecule has 1 heterocycles. The summed E-state index contributed by atoms with van der Waals surface area (Å²) in [4.78, 5) is 32.8. The molecule has 0 saturated carbocycles. The molecule has 0 fully saturated rings. The van der Waals surface area contributed by atoms with Gasteiger partial charge in [0.2, 0.25) is 6.79 Å². The van der Waals surface area contributed by atoms with Crippen molar-refractivity contribution in [1.29, 1.82) is 0 Å². The number of nitrogens with zero attached hydrogens (tertiary/aromatic N) is 1. The van der Waals surface area contributed by atoms with Gasteiger partial charge in [-0.15, -0.1) is 0 Å². The van der Waals surface area contributed by atoms with Gasteiger partial charge in [0.05, 0.1) is 0 Å². The van der Waals surface area contributed by atoms with Crippen LogP contribution in [0.15, 0.2) is 39.9 Å². The number of H-pyrrole nitrogens is 1. The first-order valence-electron chi connectivity index (χ1n) is 7.29. The molecule has 0 saturated heterocycles. The van der Waals surface area contributed by atoms with Gasteiger partial charge in [-0.25, -0.2) is 0 Å². The molecule has 1 aromatic heterocycles. The van der Waals surface area contributed by atoms with E-state index in [2.05, 4.69) is 4.98 Å². The average molecular weight is 316 g/mol. The third-order valence-electron chi connectivity index (χ3n) is 3.01. The van der Waals surface area contributed by atoms with Crippen LogP contribution in [0.3, 0.4) is 0 Å². The lowest BCUT2D eigenvalue weighted by molar-refractivity contribution is -0.0462. The number of hydrogen-bond donors (Lipinski definition) is 1. The first-order valence-corrected chi connectivity index (χ1v) is 7.29. The summed E-state index contributed by atoms with van der Waals surface area (Å²) in [7, 11) is 1.42. The van der Waals surface area contributed by atoms with Crippen LogP contribution in [-0.2, 0) is 4.74 Å². The molecule has 1 N–H and O–H groups in total. The van der Waals surface area contributed by atoms with Gasteiger partial charge in [0.15, 0.2) is 0 Å². The molecule has 0 aliphatic carbocycles. The molecule has 0 unspecified atom stereocenters. The lowest BCUT2D eigenvalue weighted by atomic mass is 10.2. The summed E-state index contributed by atoms with van der Waals surface area (Å²) in [6.07, 6.45) is 3.42. The largest absolute Gasteiger partial charge is 0.378 e. The second-order valence-electron chi connectivity index (χ2n) is 5.36. The highest BCUT2D eigenvalue weighted by Crippen LogP contribution is 1.97. The van der Waals surface area contributed by atoms with Gasteiger partial charge in [-0.2, -0.15) is 0 Å². The zero-order valence-corrected chi connectivity index (χ0v) is 13.4. The number of hydrogen-bond acceptors (Lipinski definition) is 4. The van der Waals surface area contributed by atoms with Crippen LogP contribution in [-0.4, -0.2) is 23.6 Å². The van der Waals surface area contributed by atoms with E-state index in [0.717, 1.165) is 10.3 Å². The van der Waals surface area contributed by atoms with Crippen molar-refractivity contribution in [2.75, 3.05) is 13.9 Å². The predicted molar refractivity (Wildman–Crippen MR) is 88.3 cm³/mol. The van der Waals surface area contributed by atoms with E-state index >= 15 is 0 Å². The van der Waals surface area contributed by atoms with E-state index in [9.17, 15) is 9.59 Å². The van der Waals surface area contributed by atoms with Crippen LogP contribution in [0.4, 0.5) is 0 Å². The van der Waals surface area contributed by atoms with E-state index < -0.39 is 11.1 Å². The summed E-state index contributed by atoms with van der Waals surface area (Å²) in [5.74, 6) is 0.136. The third kappa shape index (κ3) is 4.20. The zero-order valence-electron chi connectivity index (χ0n) is 13.4. The molecule has 6 heteroatoms. The standard InChI is InChI=1S/C17H20N2O4/c1-12(2)9-14-16(20)19(23-11-22-3)17(21)15(18-14)10-13-7-5-4-6-8-13/h4-10,12,18H,11H2,1-3H3/b14-9+,15-10-. The summed E-state index contributed by atoms with van der Waals surface area (Å²) in [5.41, 5.74) is -0.254. The highest BCUT2D eigenvalue weighted by Gasteiger charge is 2.07. The van der Waals surface area contributed by atoms with Crippen molar-refractivity contribution in [1.82, 2.24) is 9.71 Å². The van der Waals surface area contributed by atoms with Crippen molar-refractivity contribution >= 4 is 12.2 Å². The maximum Gasteiger partial charge on any atom is 0.310 e. The van der Waals surface area contributed by atoms with Crippen LogP contribution in [0.25, 0.3) is 12.2 Å². The van der Waals surface area contributed by atoms with Crippen LogP contribution < -0.4 is 26.7 Å². The lowest BCUT2D eigenvalue weighted by Gasteiger charge is -2.06. The molecule has 0 aliphatic rings. The number of aromatic nitrogens is 2. The number of nitrogens with one attached hydrogen (secondary N) is 1. The van der Waals surface area contributed by atoms with Crippen molar-refractivity contribution in [2.45, 2.75) is 13.8 Å². The Labute approximate surface area is 133 Å². The SMILES string of the molecule is COCOn1c(=O)/c(=C/c2ccccc2)[nH]/c(=C/C(C)C)c1=O. The Bertz CT molecular complexity index is 880. The van der Waals surface area contributed by atoms with Gasteiger partial charge < -0.3 is 14.6 Å². The van der Waals surface area contributed by atoms with E-state index in [4.69, 9.17) is 9.57 Å². The highest BCUT2D eigenvalue weighted by molar-refractivity contribution is 5.47. The van der Waals surface area contributed by atoms with Gasteiger partial charge in [-0.05, 0) is 17.6 Å². The number of ether oxygens (including phenoxy) is 1. The van der Waals surface area contributed by atoms with Crippen molar-refractivity contribution in [2.24, 2.45) is 5.92 Å². The minimum absolute atomic E-state index is 0.136. The fourth-order valence-corrected chi connectivity index (χ4v) is 2.05. The van der Waals surface area contributed by atoms with Crippen molar-refractivity contribution in [3.05, 3.63) is 67.3 Å². The van der Waals surface area contributed by atoms with E-state index in [-0.39, 0.29) is 18.1 Å². The summed E-state index contributed by atoms with van der Waals surface area (Å²) in [6, 6.07) is 9.36. The molecule has 122 valence electrons. The second kappa shape index (κ2) is 7.60. The minimum atomic E-state index is -0.559. The summed E-state index contributed by atoms with van der Waals surface area (Å²) >= 11 is 0. The number of aromatic amines is 1. The van der Waals surface area contributed by atoms with Crippen LogP contribution in [0, 0.1) is 5.92 Å². The maximum absolute atomic E-state index is 12.4. The number of rotatable bonds is 5. The van der Waals surface area contributed by atoms with Crippen LogP contribution >= 0.6 is 0 Å². The number of benzene rings is 1. The van der Waals surface area contributed by atoms with Gasteiger partial charge in [-0.1, -0.05) is 55.0 Å². The average Bonchev–Trinajstić information content (AvgIpc) is 2.52. The zero-order chi connectivity index (χ0) is 16.8. The van der Waals surface area contributed by atoms with Gasteiger partial charge in [-0.3, -0.25) is 9.59 Å². The Morgan fingerprint density at radius 1 is 1.13 bits per heavy atom. The quantitative estimate of drug-likeness (QED) is 0.778. The molecule has 1 aromatic carbocycles. The summed E-state index contributed by atoms with van der Waals surface area (Å²) in [5, 5.41) is 0.566. The van der Waals surface area contributed by atoms with Gasteiger partial charge >= 0.3 is 11.1 Å². The Morgan fingerprint density at radius 3 is 2.39 bits per heavy atom. The smallest absolute Gasteiger partial charge is 0.310 e. The van der Waals surface area contributed by atoms with Crippen LogP contribution in [0.1, 0.15) is 19.4 Å². The first-order chi connectivity index (χ1) is 11.0. The number of methoxy groups -OCH3 is 1. The lowest BCUT2D eigenvalue weighted by Crippen LogP contribution is -2.55. The normalized spacial score (nSPS) is 12.9. The molecule has 0 radical (unpaired) electrons. The van der Waals surface area contributed by atoms with E-state index in [1.807, 2.05) is 44.2 Å². The van der Waals surface area contributed by atoms with E-state index in [1.54, 1.807) is 12.2 Å². The fraction of sp³-hybridized carbons (Fsp3) is 0.294. The first kappa shape index (κ1) is 16.8. The summed E-state index contributed by atoms with van der Waals surface area (Å²) < 4.78 is 5.51. The monoisotopic (exact) mass is 316 g/mol. The van der Waals surface area contributed by atoms with Crippen LogP contribution in [0.5, 0.6) is 0 Å². The van der Waals surface area contributed by atoms with Crippen molar-refractivity contribution in [3.63, 3.8) is 0 Å².